The number of benzene rings is 1. The lowest BCUT2D eigenvalue weighted by Crippen LogP contribution is -2.44. The molecule has 1 aliphatic carbocycles. The second-order valence-corrected chi connectivity index (χ2v) is 7.70. The molecule has 3 heterocycles. The number of rotatable bonds is 1. The van der Waals surface area contributed by atoms with Gasteiger partial charge in [-0.25, -0.2) is 4.98 Å². The summed E-state index contributed by atoms with van der Waals surface area (Å²) in [5.74, 6) is 0. The van der Waals surface area contributed by atoms with E-state index in [1.807, 2.05) is 0 Å². The number of para-hydroxylation sites is 1. The van der Waals surface area contributed by atoms with Gasteiger partial charge in [-0.3, -0.25) is 0 Å². The van der Waals surface area contributed by atoms with Crippen LogP contribution in [-0.2, 0) is 5.54 Å². The summed E-state index contributed by atoms with van der Waals surface area (Å²) in [6.07, 6.45) is 8.53. The summed E-state index contributed by atoms with van der Waals surface area (Å²) in [6, 6.07) is 15.5. The van der Waals surface area contributed by atoms with E-state index in [1.165, 1.54) is 54.7 Å². The summed E-state index contributed by atoms with van der Waals surface area (Å²) < 4.78 is 2.31. The minimum Gasteiger partial charge on any atom is -0.352 e. The van der Waals surface area contributed by atoms with Crippen LogP contribution >= 0.6 is 0 Å². The van der Waals surface area contributed by atoms with Crippen molar-refractivity contribution in [2.75, 3.05) is 4.90 Å². The Morgan fingerprint density at radius 2 is 1.76 bits per heavy atom. The Bertz CT molecular complexity index is 933. The number of aromatic nitrogens is 2. The van der Waals surface area contributed by atoms with Gasteiger partial charge >= 0.3 is 0 Å². The van der Waals surface area contributed by atoms with Gasteiger partial charge < -0.3 is 9.30 Å². The summed E-state index contributed by atoms with van der Waals surface area (Å²) in [5, 5.41) is 0. The van der Waals surface area contributed by atoms with Crippen molar-refractivity contribution in [1.82, 2.24) is 9.38 Å². The van der Waals surface area contributed by atoms with Gasteiger partial charge in [-0.1, -0.05) is 43.5 Å². The van der Waals surface area contributed by atoms with Crippen LogP contribution in [0.3, 0.4) is 0 Å². The molecule has 0 N–H and O–H groups in total. The van der Waals surface area contributed by atoms with Gasteiger partial charge in [0.1, 0.15) is 5.65 Å². The van der Waals surface area contributed by atoms with E-state index in [0.717, 1.165) is 5.65 Å². The molecule has 2 aromatic heterocycles. The number of hydrogen-bond acceptors (Lipinski definition) is 2. The Balaban J connectivity index is 1.78. The van der Waals surface area contributed by atoms with Gasteiger partial charge in [0.05, 0.1) is 23.0 Å². The van der Waals surface area contributed by atoms with Gasteiger partial charge in [0.2, 0.25) is 0 Å². The number of imidazole rings is 1. The lowest BCUT2D eigenvalue weighted by Gasteiger charge is -2.45. The molecule has 128 valence electrons. The van der Waals surface area contributed by atoms with Crippen molar-refractivity contribution in [2.24, 2.45) is 0 Å². The van der Waals surface area contributed by atoms with Crippen molar-refractivity contribution in [2.45, 2.75) is 57.5 Å². The first-order chi connectivity index (χ1) is 12.2. The Morgan fingerprint density at radius 3 is 2.56 bits per heavy atom. The molecule has 0 amide bonds. The van der Waals surface area contributed by atoms with E-state index in [0.29, 0.717) is 6.04 Å². The second kappa shape index (κ2) is 5.35. The number of hydrogen-bond donors (Lipinski definition) is 0. The molecule has 1 aliphatic heterocycles. The molecular formula is C22H25N3. The Kier molecular flexibility index (Phi) is 3.21. The van der Waals surface area contributed by atoms with Crippen LogP contribution in [0.5, 0.6) is 0 Å². The number of anilines is 1. The number of aryl methyl sites for hydroxylation is 1. The van der Waals surface area contributed by atoms with Crippen LogP contribution in [0, 0.1) is 6.92 Å². The normalized spacial score (nSPS) is 21.8. The predicted octanol–water partition coefficient (Wildman–Crippen LogP) is 5.38. The minimum atomic E-state index is 0.0606. The van der Waals surface area contributed by atoms with Crippen LogP contribution in [0.25, 0.3) is 5.65 Å². The molecule has 3 aromatic rings. The predicted molar refractivity (Wildman–Crippen MR) is 102 cm³/mol. The topological polar surface area (TPSA) is 20.5 Å². The highest BCUT2D eigenvalue weighted by Crippen LogP contribution is 2.55. The molecule has 1 saturated carbocycles. The highest BCUT2D eigenvalue weighted by Gasteiger charge is 2.52. The van der Waals surface area contributed by atoms with Crippen LogP contribution in [-0.4, -0.2) is 9.38 Å². The van der Waals surface area contributed by atoms with Crippen molar-refractivity contribution in [3.05, 3.63) is 65.6 Å². The molecule has 2 aliphatic rings. The zero-order chi connectivity index (χ0) is 17.0. The molecule has 1 aromatic carbocycles. The zero-order valence-corrected chi connectivity index (χ0v) is 15.1. The highest BCUT2D eigenvalue weighted by atomic mass is 15.3. The maximum absolute atomic E-state index is 5.15. The molecule has 0 saturated heterocycles. The van der Waals surface area contributed by atoms with Gasteiger partial charge in [0.15, 0.2) is 0 Å². The summed E-state index contributed by atoms with van der Waals surface area (Å²) in [4.78, 5) is 7.84. The minimum absolute atomic E-state index is 0.0606. The Morgan fingerprint density at radius 1 is 1.00 bits per heavy atom. The molecule has 1 spiro atoms. The van der Waals surface area contributed by atoms with Crippen molar-refractivity contribution in [1.29, 1.82) is 0 Å². The molecule has 0 bridgehead atoms. The molecular weight excluding hydrogens is 306 g/mol. The van der Waals surface area contributed by atoms with E-state index in [-0.39, 0.29) is 5.54 Å². The number of fused-ring (bicyclic) bond motifs is 4. The maximum atomic E-state index is 5.15. The van der Waals surface area contributed by atoms with Crippen LogP contribution in [0.15, 0.2) is 48.7 Å². The summed E-state index contributed by atoms with van der Waals surface area (Å²) >= 11 is 0. The van der Waals surface area contributed by atoms with E-state index in [2.05, 4.69) is 71.8 Å². The second-order valence-electron chi connectivity index (χ2n) is 7.70. The van der Waals surface area contributed by atoms with Gasteiger partial charge in [-0.2, -0.15) is 0 Å². The first-order valence-corrected chi connectivity index (χ1v) is 9.55. The fourth-order valence-corrected chi connectivity index (χ4v) is 5.25. The SMILES string of the molecule is Cc1ccccc1N1C(C)c2c(nc3ccccn23)C12CCCCC2. The Hall–Kier alpha value is -2.29. The quantitative estimate of drug-likeness (QED) is 0.596. The molecule has 25 heavy (non-hydrogen) atoms. The summed E-state index contributed by atoms with van der Waals surface area (Å²) in [7, 11) is 0. The molecule has 1 atom stereocenters. The third-order valence-electron chi connectivity index (χ3n) is 6.31. The average Bonchev–Trinajstić information content (AvgIpc) is 3.13. The van der Waals surface area contributed by atoms with E-state index < -0.39 is 0 Å². The smallest absolute Gasteiger partial charge is 0.137 e. The van der Waals surface area contributed by atoms with E-state index in [1.54, 1.807) is 0 Å². The van der Waals surface area contributed by atoms with Crippen LogP contribution in [0.4, 0.5) is 5.69 Å². The van der Waals surface area contributed by atoms with Gasteiger partial charge in [-0.15, -0.1) is 0 Å². The van der Waals surface area contributed by atoms with Gasteiger partial charge in [0, 0.05) is 11.9 Å². The summed E-state index contributed by atoms with van der Waals surface area (Å²) in [6.45, 7) is 4.59. The van der Waals surface area contributed by atoms with Crippen LogP contribution in [0.1, 0.15) is 62.0 Å². The molecule has 3 nitrogen and oxygen atoms in total. The standard InChI is InChI=1S/C22H25N3/c1-16-10-4-5-11-18(16)25-17(2)20-21(22(25)13-7-3-8-14-22)23-19-12-6-9-15-24(19)20/h4-6,9-12,15,17H,3,7-8,13-14H2,1-2H3. The third kappa shape index (κ3) is 1.95. The monoisotopic (exact) mass is 331 g/mol. The molecule has 0 radical (unpaired) electrons. The Labute approximate surface area is 149 Å². The van der Waals surface area contributed by atoms with Crippen molar-refractivity contribution in [3.8, 4) is 0 Å². The fourth-order valence-electron chi connectivity index (χ4n) is 5.25. The van der Waals surface area contributed by atoms with Gasteiger partial charge in [0.25, 0.3) is 0 Å². The molecule has 3 heteroatoms. The van der Waals surface area contributed by atoms with Crippen molar-refractivity contribution in [3.63, 3.8) is 0 Å². The lowest BCUT2D eigenvalue weighted by molar-refractivity contribution is 0.278. The van der Waals surface area contributed by atoms with Crippen molar-refractivity contribution < 1.29 is 0 Å². The largest absolute Gasteiger partial charge is 0.352 e. The summed E-state index contributed by atoms with van der Waals surface area (Å²) in [5.41, 5.74) is 6.60. The fraction of sp³-hybridized carbons (Fsp3) is 0.409. The van der Waals surface area contributed by atoms with E-state index in [9.17, 15) is 0 Å². The number of nitrogens with zero attached hydrogens (tertiary/aromatic N) is 3. The highest BCUT2D eigenvalue weighted by molar-refractivity contribution is 5.63. The van der Waals surface area contributed by atoms with Crippen molar-refractivity contribution >= 4 is 11.3 Å². The van der Waals surface area contributed by atoms with Gasteiger partial charge in [-0.05, 0) is 50.5 Å². The third-order valence-corrected chi connectivity index (χ3v) is 6.31. The van der Waals surface area contributed by atoms with Crippen LogP contribution in [0.2, 0.25) is 0 Å². The zero-order valence-electron chi connectivity index (χ0n) is 15.1. The lowest BCUT2D eigenvalue weighted by atomic mass is 9.79. The molecule has 1 unspecified atom stereocenters. The molecule has 5 rings (SSSR count). The van der Waals surface area contributed by atoms with E-state index >= 15 is 0 Å². The van der Waals surface area contributed by atoms with E-state index in [4.69, 9.17) is 4.98 Å². The first-order valence-electron chi connectivity index (χ1n) is 9.55. The average molecular weight is 331 g/mol. The van der Waals surface area contributed by atoms with Crippen LogP contribution < -0.4 is 4.90 Å². The molecule has 1 fully saturated rings. The first kappa shape index (κ1) is 15.0. The maximum Gasteiger partial charge on any atom is 0.137 e. The number of pyridine rings is 1.